The summed E-state index contributed by atoms with van der Waals surface area (Å²) in [6.07, 6.45) is 91.3. The van der Waals surface area contributed by atoms with Crippen molar-refractivity contribution in [3.8, 4) is 0 Å². The number of allylic oxidation sites excluding steroid dienone is 24. The van der Waals surface area contributed by atoms with Gasteiger partial charge in [-0.2, -0.15) is 0 Å². The van der Waals surface area contributed by atoms with E-state index in [4.69, 9.17) is 14.2 Å². The third kappa shape index (κ3) is 62.0. The highest BCUT2D eigenvalue weighted by Crippen LogP contribution is 2.14. The SMILES string of the molecule is CC/C=C\C/C=C\C/C=C\C/C=C\C/C=C\C/C=C\C/C=C\C/C=C\CCCCCCC(=O)OCC(COC(=O)CCCCCCC/C=C\C/C=C\CCC)OC(=O)CCCCCCCCC/C=C\C/C=C\CCCCC. The lowest BCUT2D eigenvalue weighted by Crippen LogP contribution is -2.30. The highest BCUT2D eigenvalue weighted by molar-refractivity contribution is 5.71. The Hall–Kier alpha value is -4.71. The second-order valence-electron chi connectivity index (χ2n) is 20.2. The molecular weight excluding hydrogens is 949 g/mol. The molecule has 0 fully saturated rings. The summed E-state index contributed by atoms with van der Waals surface area (Å²) < 4.78 is 16.9. The minimum absolute atomic E-state index is 0.102. The fourth-order valence-electron chi connectivity index (χ4n) is 8.11. The summed E-state index contributed by atoms with van der Waals surface area (Å²) >= 11 is 0. The Morgan fingerprint density at radius 2 is 0.532 bits per heavy atom. The molecule has 0 rings (SSSR count). The summed E-state index contributed by atoms with van der Waals surface area (Å²) in [5.41, 5.74) is 0. The molecule has 0 N–H and O–H groups in total. The third-order valence-corrected chi connectivity index (χ3v) is 12.8. The normalized spacial score (nSPS) is 13.1. The summed E-state index contributed by atoms with van der Waals surface area (Å²) in [4.78, 5) is 38.2. The molecule has 0 aromatic heterocycles. The monoisotopic (exact) mass is 1060 g/mol. The molecule has 6 heteroatoms. The Morgan fingerprint density at radius 3 is 0.844 bits per heavy atom. The highest BCUT2D eigenvalue weighted by Gasteiger charge is 2.19. The summed E-state index contributed by atoms with van der Waals surface area (Å²) in [7, 11) is 0. The fraction of sp³-hybridized carbons (Fsp3) is 0.620. The van der Waals surface area contributed by atoms with Crippen LogP contribution in [-0.4, -0.2) is 37.2 Å². The van der Waals surface area contributed by atoms with Gasteiger partial charge in [0.1, 0.15) is 13.2 Å². The maximum atomic E-state index is 12.9. The Balaban J connectivity index is 4.41. The number of hydrogen-bond acceptors (Lipinski definition) is 6. The van der Waals surface area contributed by atoms with Crippen molar-refractivity contribution in [2.24, 2.45) is 0 Å². The first-order valence-electron chi connectivity index (χ1n) is 31.3. The van der Waals surface area contributed by atoms with E-state index in [9.17, 15) is 14.4 Å². The molecule has 0 aromatic carbocycles. The molecule has 77 heavy (non-hydrogen) atoms. The second kappa shape index (κ2) is 63.8. The molecule has 0 bridgehead atoms. The van der Waals surface area contributed by atoms with Crippen LogP contribution in [0.2, 0.25) is 0 Å². The molecule has 0 aliphatic carbocycles. The number of carbonyl (C=O) groups is 3. The molecular formula is C71H114O6. The maximum absolute atomic E-state index is 12.9. The predicted octanol–water partition coefficient (Wildman–Crippen LogP) is 21.5. The molecule has 6 nitrogen and oxygen atoms in total. The van der Waals surface area contributed by atoms with Crippen molar-refractivity contribution in [3.63, 3.8) is 0 Å². The fourth-order valence-corrected chi connectivity index (χ4v) is 8.11. The van der Waals surface area contributed by atoms with Gasteiger partial charge < -0.3 is 14.2 Å². The summed E-state index contributed by atoms with van der Waals surface area (Å²) in [5, 5.41) is 0. The number of hydrogen-bond donors (Lipinski definition) is 0. The largest absolute Gasteiger partial charge is 0.462 e. The zero-order valence-electron chi connectivity index (χ0n) is 49.7. The van der Waals surface area contributed by atoms with Crippen LogP contribution in [0.5, 0.6) is 0 Å². The summed E-state index contributed by atoms with van der Waals surface area (Å²) in [6, 6.07) is 0. The van der Waals surface area contributed by atoms with Gasteiger partial charge in [-0.25, -0.2) is 0 Å². The molecule has 0 amide bonds. The number of rotatable bonds is 55. The average Bonchev–Trinajstić information content (AvgIpc) is 3.43. The average molecular weight is 1060 g/mol. The number of carbonyl (C=O) groups excluding carboxylic acids is 3. The molecule has 0 spiro atoms. The van der Waals surface area contributed by atoms with Crippen LogP contribution in [0, 0.1) is 0 Å². The smallest absolute Gasteiger partial charge is 0.306 e. The van der Waals surface area contributed by atoms with Gasteiger partial charge in [-0.1, -0.05) is 250 Å². The number of ether oxygens (including phenoxy) is 3. The van der Waals surface area contributed by atoms with E-state index >= 15 is 0 Å². The van der Waals surface area contributed by atoms with Crippen molar-refractivity contribution < 1.29 is 28.6 Å². The minimum Gasteiger partial charge on any atom is -0.462 e. The Morgan fingerprint density at radius 1 is 0.273 bits per heavy atom. The Labute approximate surface area is 474 Å². The minimum atomic E-state index is -0.806. The second-order valence-corrected chi connectivity index (χ2v) is 20.2. The topological polar surface area (TPSA) is 78.9 Å². The quantitative estimate of drug-likeness (QED) is 0.0261. The van der Waals surface area contributed by atoms with E-state index in [0.717, 1.165) is 167 Å². The van der Waals surface area contributed by atoms with Crippen LogP contribution in [0.4, 0.5) is 0 Å². The van der Waals surface area contributed by atoms with Crippen LogP contribution in [0.15, 0.2) is 146 Å². The van der Waals surface area contributed by atoms with Crippen molar-refractivity contribution in [2.45, 2.75) is 271 Å². The van der Waals surface area contributed by atoms with E-state index in [-0.39, 0.29) is 31.1 Å². The standard InChI is InChI=1S/C71H114O6/c1-4-7-10-13-16-19-22-25-27-29-30-31-32-33-34-35-36-37-38-39-40-42-43-46-49-52-55-58-61-64-70(73)76-67-68(66-75-69(72)63-60-57-54-51-48-45-24-21-18-15-12-9-6-3)77-71(74)65-62-59-56-53-50-47-44-41-28-26-23-20-17-14-11-8-5-2/h7,10,12,15-17,19-21,24-28,30-31,33-34,36-37,39-40,43,46,68H,4-6,8-9,11,13-14,18,22-23,29,32,35,38,41-42,44-45,47-67H2,1-3H3/b10-7-,15-12-,19-16-,20-17-,24-21-,27-25-,28-26-,31-30-,34-33-,37-36-,40-39-,46-43-. The lowest BCUT2D eigenvalue weighted by molar-refractivity contribution is -0.167. The molecule has 0 aliphatic rings. The zero-order chi connectivity index (χ0) is 55.7. The van der Waals surface area contributed by atoms with Gasteiger partial charge in [0.05, 0.1) is 0 Å². The van der Waals surface area contributed by atoms with Crippen molar-refractivity contribution in [2.75, 3.05) is 13.2 Å². The van der Waals surface area contributed by atoms with E-state index in [1.807, 2.05) is 0 Å². The van der Waals surface area contributed by atoms with Crippen LogP contribution >= 0.6 is 0 Å². The van der Waals surface area contributed by atoms with Gasteiger partial charge in [0, 0.05) is 19.3 Å². The van der Waals surface area contributed by atoms with Crippen molar-refractivity contribution >= 4 is 17.9 Å². The van der Waals surface area contributed by atoms with E-state index in [2.05, 4.69) is 167 Å². The van der Waals surface area contributed by atoms with Gasteiger partial charge in [-0.15, -0.1) is 0 Å². The van der Waals surface area contributed by atoms with Gasteiger partial charge in [0.25, 0.3) is 0 Å². The van der Waals surface area contributed by atoms with E-state index in [0.29, 0.717) is 19.3 Å². The van der Waals surface area contributed by atoms with Crippen molar-refractivity contribution in [1.82, 2.24) is 0 Å². The highest BCUT2D eigenvalue weighted by atomic mass is 16.6. The number of unbranched alkanes of at least 4 members (excludes halogenated alkanes) is 20. The molecule has 0 heterocycles. The van der Waals surface area contributed by atoms with Crippen LogP contribution in [0.3, 0.4) is 0 Å². The maximum Gasteiger partial charge on any atom is 0.306 e. The lowest BCUT2D eigenvalue weighted by Gasteiger charge is -2.18. The van der Waals surface area contributed by atoms with Crippen LogP contribution in [0.25, 0.3) is 0 Å². The van der Waals surface area contributed by atoms with Gasteiger partial charge >= 0.3 is 17.9 Å². The van der Waals surface area contributed by atoms with Gasteiger partial charge in [-0.3, -0.25) is 14.4 Å². The molecule has 434 valence electrons. The molecule has 0 saturated heterocycles. The third-order valence-electron chi connectivity index (χ3n) is 12.8. The first-order chi connectivity index (χ1) is 38.0. The van der Waals surface area contributed by atoms with E-state index in [1.54, 1.807) is 0 Å². The first-order valence-corrected chi connectivity index (χ1v) is 31.3. The Kier molecular flexibility index (Phi) is 59.9. The van der Waals surface area contributed by atoms with Crippen LogP contribution in [0.1, 0.15) is 265 Å². The summed E-state index contributed by atoms with van der Waals surface area (Å²) in [6.45, 7) is 6.39. The van der Waals surface area contributed by atoms with Crippen LogP contribution in [-0.2, 0) is 28.6 Å². The predicted molar refractivity (Wildman–Crippen MR) is 334 cm³/mol. The molecule has 0 saturated carbocycles. The Bertz CT molecular complexity index is 1700. The lowest BCUT2D eigenvalue weighted by atomic mass is 10.1. The first kappa shape index (κ1) is 72.3. The van der Waals surface area contributed by atoms with Crippen molar-refractivity contribution in [1.29, 1.82) is 0 Å². The van der Waals surface area contributed by atoms with Gasteiger partial charge in [0.15, 0.2) is 6.10 Å². The van der Waals surface area contributed by atoms with E-state index < -0.39 is 6.10 Å². The molecule has 0 aliphatic heterocycles. The summed E-state index contributed by atoms with van der Waals surface area (Å²) in [5.74, 6) is -0.951. The number of esters is 3. The van der Waals surface area contributed by atoms with Gasteiger partial charge in [-0.05, 0) is 141 Å². The molecule has 0 aromatic rings. The molecule has 0 radical (unpaired) electrons. The van der Waals surface area contributed by atoms with Gasteiger partial charge in [0.2, 0.25) is 0 Å². The zero-order valence-corrected chi connectivity index (χ0v) is 49.7. The molecule has 1 atom stereocenters. The molecule has 1 unspecified atom stereocenters. The van der Waals surface area contributed by atoms with Crippen LogP contribution < -0.4 is 0 Å². The van der Waals surface area contributed by atoms with Crippen molar-refractivity contribution in [3.05, 3.63) is 146 Å². The van der Waals surface area contributed by atoms with E-state index in [1.165, 1.54) is 57.8 Å².